The molecule has 0 bridgehead atoms. The molecule has 0 spiro atoms. The molecule has 0 saturated heterocycles. The summed E-state index contributed by atoms with van der Waals surface area (Å²) in [5.74, 6) is 0.880. The van der Waals surface area contributed by atoms with Crippen molar-refractivity contribution in [3.8, 4) is 0 Å². The lowest BCUT2D eigenvalue weighted by Crippen LogP contribution is -2.51. The van der Waals surface area contributed by atoms with Crippen LogP contribution in [0.15, 0.2) is 0 Å². The van der Waals surface area contributed by atoms with Crippen LogP contribution in [0.2, 0.25) is 0 Å². The molecule has 0 aliphatic heterocycles. The van der Waals surface area contributed by atoms with E-state index in [1.165, 1.54) is 19.3 Å². The summed E-state index contributed by atoms with van der Waals surface area (Å²) < 4.78 is 0. The fourth-order valence-electron chi connectivity index (χ4n) is 2.52. The van der Waals surface area contributed by atoms with E-state index in [1.807, 2.05) is 32.7 Å². The van der Waals surface area contributed by atoms with Crippen LogP contribution < -0.4 is 5.32 Å². The minimum absolute atomic E-state index is 0.0671. The topological polar surface area (TPSA) is 32.3 Å². The molecule has 1 fully saturated rings. The third-order valence-corrected chi connectivity index (χ3v) is 3.74. The average Bonchev–Trinajstić information content (AvgIpc) is 2.26. The van der Waals surface area contributed by atoms with Crippen LogP contribution in [0.25, 0.3) is 0 Å². The van der Waals surface area contributed by atoms with Crippen LogP contribution in [-0.4, -0.2) is 29.6 Å². The molecule has 1 saturated carbocycles. The Hall–Kier alpha value is -0.730. The Morgan fingerprint density at radius 1 is 1.24 bits per heavy atom. The first-order chi connectivity index (χ1) is 7.83. The molecular weight excluding hydrogens is 212 g/mol. The molecule has 0 atom stereocenters. The smallest absolute Gasteiger partial charge is 0.317 e. The second kappa shape index (κ2) is 5.74. The first-order valence-electron chi connectivity index (χ1n) is 6.88. The summed E-state index contributed by atoms with van der Waals surface area (Å²) in [7, 11) is 1.93. The zero-order chi connectivity index (χ0) is 13.1. The van der Waals surface area contributed by atoms with E-state index in [0.717, 1.165) is 18.8 Å². The maximum atomic E-state index is 12.0. The summed E-state index contributed by atoms with van der Waals surface area (Å²) in [6, 6.07) is 0.498. The number of nitrogens with zero attached hydrogens (tertiary/aromatic N) is 1. The fourth-order valence-corrected chi connectivity index (χ4v) is 2.52. The van der Waals surface area contributed by atoms with Gasteiger partial charge >= 0.3 is 6.03 Å². The van der Waals surface area contributed by atoms with E-state index in [0.29, 0.717) is 6.04 Å². The van der Waals surface area contributed by atoms with Gasteiger partial charge in [0.1, 0.15) is 0 Å². The number of nitrogens with one attached hydrogen (secondary N) is 1. The third-order valence-electron chi connectivity index (χ3n) is 3.74. The molecule has 2 amide bonds. The Balaban J connectivity index is 2.43. The summed E-state index contributed by atoms with van der Waals surface area (Å²) in [6.07, 6.45) is 6.15. The Bertz CT molecular complexity index is 249. The number of hydrogen-bond donors (Lipinski definition) is 1. The van der Waals surface area contributed by atoms with Gasteiger partial charge in [0, 0.05) is 18.6 Å². The monoisotopic (exact) mass is 240 g/mol. The van der Waals surface area contributed by atoms with Crippen molar-refractivity contribution in [1.29, 1.82) is 0 Å². The average molecular weight is 240 g/mol. The predicted octanol–water partition coefficient (Wildman–Crippen LogP) is 3.40. The van der Waals surface area contributed by atoms with Crippen molar-refractivity contribution in [3.05, 3.63) is 0 Å². The summed E-state index contributed by atoms with van der Waals surface area (Å²) in [4.78, 5) is 13.9. The van der Waals surface area contributed by atoms with Gasteiger partial charge in [-0.2, -0.15) is 0 Å². The van der Waals surface area contributed by atoms with Crippen molar-refractivity contribution in [2.75, 3.05) is 7.05 Å². The molecule has 1 rings (SSSR count). The molecule has 3 heteroatoms. The highest BCUT2D eigenvalue weighted by Gasteiger charge is 2.27. The van der Waals surface area contributed by atoms with Crippen LogP contribution in [0.4, 0.5) is 4.79 Å². The van der Waals surface area contributed by atoms with Crippen molar-refractivity contribution >= 4 is 6.03 Å². The molecule has 100 valence electrons. The van der Waals surface area contributed by atoms with E-state index in [4.69, 9.17) is 0 Å². The van der Waals surface area contributed by atoms with Gasteiger partial charge < -0.3 is 10.2 Å². The summed E-state index contributed by atoms with van der Waals surface area (Å²) in [5.41, 5.74) is -0.147. The van der Waals surface area contributed by atoms with E-state index in [9.17, 15) is 4.79 Å². The van der Waals surface area contributed by atoms with Crippen LogP contribution in [0.3, 0.4) is 0 Å². The number of urea groups is 1. The molecule has 1 aliphatic rings. The number of carbonyl (C=O) groups is 1. The molecule has 0 aromatic heterocycles. The van der Waals surface area contributed by atoms with Gasteiger partial charge in [-0.25, -0.2) is 4.79 Å². The SMILES string of the molecule is CCC1CCC(N(C)C(=O)NC(C)(C)C)CC1. The molecular formula is C14H28N2O. The van der Waals surface area contributed by atoms with Gasteiger partial charge in [0.15, 0.2) is 0 Å². The van der Waals surface area contributed by atoms with Crippen LogP contribution in [-0.2, 0) is 0 Å². The lowest BCUT2D eigenvalue weighted by Gasteiger charge is -2.36. The van der Waals surface area contributed by atoms with Crippen molar-refractivity contribution < 1.29 is 4.79 Å². The predicted molar refractivity (Wildman–Crippen MR) is 72.1 cm³/mol. The highest BCUT2D eigenvalue weighted by molar-refractivity contribution is 5.75. The highest BCUT2D eigenvalue weighted by atomic mass is 16.2. The summed E-state index contributed by atoms with van der Waals surface area (Å²) >= 11 is 0. The second-order valence-corrected chi connectivity index (χ2v) is 6.37. The Morgan fingerprint density at radius 3 is 2.18 bits per heavy atom. The number of carbonyl (C=O) groups excluding carboxylic acids is 1. The molecule has 0 aromatic rings. The van der Waals surface area contributed by atoms with Crippen LogP contribution >= 0.6 is 0 Å². The molecule has 0 unspecified atom stereocenters. The van der Waals surface area contributed by atoms with Gasteiger partial charge in [-0.3, -0.25) is 0 Å². The number of amides is 2. The molecule has 0 aromatic carbocycles. The van der Waals surface area contributed by atoms with Gasteiger partial charge in [-0.15, -0.1) is 0 Å². The van der Waals surface area contributed by atoms with Crippen molar-refractivity contribution in [2.45, 2.75) is 71.4 Å². The van der Waals surface area contributed by atoms with E-state index >= 15 is 0 Å². The lowest BCUT2D eigenvalue weighted by atomic mass is 9.84. The highest BCUT2D eigenvalue weighted by Crippen LogP contribution is 2.28. The molecule has 0 heterocycles. The van der Waals surface area contributed by atoms with Crippen LogP contribution in [0.5, 0.6) is 0 Å². The molecule has 17 heavy (non-hydrogen) atoms. The minimum atomic E-state index is -0.147. The second-order valence-electron chi connectivity index (χ2n) is 6.37. The number of hydrogen-bond acceptors (Lipinski definition) is 1. The van der Waals surface area contributed by atoms with E-state index in [1.54, 1.807) is 0 Å². The Morgan fingerprint density at radius 2 is 1.76 bits per heavy atom. The standard InChI is InChI=1S/C14H28N2O/c1-6-11-7-9-12(10-8-11)16(5)13(17)15-14(2,3)4/h11-12H,6-10H2,1-5H3,(H,15,17). The Labute approximate surface area is 106 Å². The lowest BCUT2D eigenvalue weighted by molar-refractivity contribution is 0.154. The van der Waals surface area contributed by atoms with Crippen LogP contribution in [0.1, 0.15) is 59.8 Å². The molecule has 3 nitrogen and oxygen atoms in total. The number of rotatable bonds is 2. The quantitative estimate of drug-likeness (QED) is 0.788. The summed E-state index contributed by atoms with van der Waals surface area (Å²) in [5, 5.41) is 3.03. The van der Waals surface area contributed by atoms with Crippen molar-refractivity contribution in [1.82, 2.24) is 10.2 Å². The normalized spacial score (nSPS) is 25.5. The largest absolute Gasteiger partial charge is 0.333 e. The molecule has 0 radical (unpaired) electrons. The maximum Gasteiger partial charge on any atom is 0.317 e. The van der Waals surface area contributed by atoms with Crippen molar-refractivity contribution in [3.63, 3.8) is 0 Å². The molecule has 1 aliphatic carbocycles. The van der Waals surface area contributed by atoms with E-state index in [-0.39, 0.29) is 11.6 Å². The minimum Gasteiger partial charge on any atom is -0.333 e. The van der Waals surface area contributed by atoms with Crippen molar-refractivity contribution in [2.24, 2.45) is 5.92 Å². The zero-order valence-electron chi connectivity index (χ0n) is 12.0. The van der Waals surface area contributed by atoms with Gasteiger partial charge in [0.2, 0.25) is 0 Å². The molecule has 1 N–H and O–H groups in total. The van der Waals surface area contributed by atoms with Gasteiger partial charge in [0.05, 0.1) is 0 Å². The fraction of sp³-hybridized carbons (Fsp3) is 0.929. The first kappa shape index (κ1) is 14.3. The van der Waals surface area contributed by atoms with Gasteiger partial charge in [-0.05, 0) is 52.4 Å². The van der Waals surface area contributed by atoms with E-state index < -0.39 is 0 Å². The third kappa shape index (κ3) is 4.57. The summed E-state index contributed by atoms with van der Waals surface area (Å²) in [6.45, 7) is 8.33. The van der Waals surface area contributed by atoms with Gasteiger partial charge in [0.25, 0.3) is 0 Å². The maximum absolute atomic E-state index is 12.0. The van der Waals surface area contributed by atoms with E-state index in [2.05, 4.69) is 12.2 Å². The Kier molecular flexibility index (Phi) is 4.84. The first-order valence-corrected chi connectivity index (χ1v) is 6.88. The van der Waals surface area contributed by atoms with Crippen LogP contribution in [0, 0.1) is 5.92 Å². The zero-order valence-corrected chi connectivity index (χ0v) is 12.0. The van der Waals surface area contributed by atoms with Gasteiger partial charge in [-0.1, -0.05) is 13.3 Å².